The average Bonchev–Trinajstić information content (AvgIpc) is 2.60. The van der Waals surface area contributed by atoms with E-state index in [0.717, 1.165) is 12.8 Å². The molecule has 1 amide bonds. The van der Waals surface area contributed by atoms with Crippen molar-refractivity contribution in [2.24, 2.45) is 5.92 Å². The van der Waals surface area contributed by atoms with Crippen LogP contribution >= 0.6 is 0 Å². The van der Waals surface area contributed by atoms with Crippen LogP contribution in [0.15, 0.2) is 0 Å². The van der Waals surface area contributed by atoms with Gasteiger partial charge in [0.25, 0.3) is 0 Å². The first-order valence-corrected chi connectivity index (χ1v) is 5.50. The highest BCUT2D eigenvalue weighted by Gasteiger charge is 2.28. The minimum Gasteiger partial charge on any atom is -0.376 e. The van der Waals surface area contributed by atoms with Crippen LogP contribution < -0.4 is 5.32 Å². The molecule has 0 spiro atoms. The van der Waals surface area contributed by atoms with Crippen LogP contribution in [0.5, 0.6) is 0 Å². The highest BCUT2D eigenvalue weighted by Crippen LogP contribution is 2.14. The Bertz CT molecular complexity index is 260. The molecule has 1 aliphatic heterocycles. The first-order chi connectivity index (χ1) is 7.19. The summed E-state index contributed by atoms with van der Waals surface area (Å²) in [5.41, 5.74) is 0. The Kier molecular flexibility index (Phi) is 4.57. The van der Waals surface area contributed by atoms with E-state index < -0.39 is 5.92 Å². The molecule has 0 radical (unpaired) electrons. The van der Waals surface area contributed by atoms with Crippen LogP contribution in [0.1, 0.15) is 33.1 Å². The van der Waals surface area contributed by atoms with E-state index in [2.05, 4.69) is 5.32 Å². The standard InChI is InChI=1S/C11H18N2O2/c1-3-4-9(7-12)11(14)13-10-5-6-15-8(10)2/h8-10H,3-6H2,1-2H3,(H,13,14). The van der Waals surface area contributed by atoms with Crippen LogP contribution in [0.4, 0.5) is 0 Å². The van der Waals surface area contributed by atoms with E-state index in [0.29, 0.717) is 13.0 Å². The summed E-state index contributed by atoms with van der Waals surface area (Å²) in [6, 6.07) is 2.11. The number of hydrogen-bond acceptors (Lipinski definition) is 3. The van der Waals surface area contributed by atoms with E-state index in [-0.39, 0.29) is 18.1 Å². The number of nitrogens with zero attached hydrogens (tertiary/aromatic N) is 1. The molecular weight excluding hydrogens is 192 g/mol. The fourth-order valence-electron chi connectivity index (χ4n) is 1.75. The molecule has 0 aromatic carbocycles. The molecular formula is C11H18N2O2. The number of carbonyl (C=O) groups excluding carboxylic acids is 1. The van der Waals surface area contributed by atoms with Crippen molar-refractivity contribution in [3.05, 3.63) is 0 Å². The fourth-order valence-corrected chi connectivity index (χ4v) is 1.75. The molecule has 0 bridgehead atoms. The Morgan fingerprint density at radius 1 is 1.73 bits per heavy atom. The zero-order chi connectivity index (χ0) is 11.3. The Hall–Kier alpha value is -1.08. The predicted octanol–water partition coefficient (Wildman–Crippen LogP) is 1.22. The van der Waals surface area contributed by atoms with Gasteiger partial charge in [-0.2, -0.15) is 5.26 Å². The molecule has 3 unspecified atom stereocenters. The minimum atomic E-state index is -0.511. The van der Waals surface area contributed by atoms with Crippen LogP contribution in [-0.4, -0.2) is 24.7 Å². The van der Waals surface area contributed by atoms with E-state index in [9.17, 15) is 4.79 Å². The van der Waals surface area contributed by atoms with Crippen molar-refractivity contribution in [3.8, 4) is 6.07 Å². The van der Waals surface area contributed by atoms with E-state index >= 15 is 0 Å². The molecule has 1 saturated heterocycles. The van der Waals surface area contributed by atoms with Crippen molar-refractivity contribution in [2.45, 2.75) is 45.3 Å². The highest BCUT2D eigenvalue weighted by molar-refractivity contribution is 5.81. The Morgan fingerprint density at radius 2 is 2.47 bits per heavy atom. The van der Waals surface area contributed by atoms with Crippen molar-refractivity contribution in [1.82, 2.24) is 5.32 Å². The molecule has 15 heavy (non-hydrogen) atoms. The van der Waals surface area contributed by atoms with Gasteiger partial charge in [0.1, 0.15) is 5.92 Å². The Balaban J connectivity index is 2.43. The van der Waals surface area contributed by atoms with Crippen LogP contribution in [0.25, 0.3) is 0 Å². The summed E-state index contributed by atoms with van der Waals surface area (Å²) in [5.74, 6) is -0.662. The number of hydrogen-bond donors (Lipinski definition) is 1. The van der Waals surface area contributed by atoms with Crippen LogP contribution in [0, 0.1) is 17.2 Å². The van der Waals surface area contributed by atoms with Crippen molar-refractivity contribution < 1.29 is 9.53 Å². The minimum absolute atomic E-state index is 0.0647. The normalized spacial score (nSPS) is 27.0. The highest BCUT2D eigenvalue weighted by atomic mass is 16.5. The molecule has 0 saturated carbocycles. The van der Waals surface area contributed by atoms with Crippen molar-refractivity contribution in [3.63, 3.8) is 0 Å². The van der Waals surface area contributed by atoms with Crippen LogP contribution in [0.2, 0.25) is 0 Å². The lowest BCUT2D eigenvalue weighted by molar-refractivity contribution is -0.124. The van der Waals surface area contributed by atoms with E-state index in [4.69, 9.17) is 10.00 Å². The molecule has 1 fully saturated rings. The fraction of sp³-hybridized carbons (Fsp3) is 0.818. The van der Waals surface area contributed by atoms with Gasteiger partial charge in [0, 0.05) is 6.61 Å². The summed E-state index contributed by atoms with van der Waals surface area (Å²) in [6.45, 7) is 4.61. The zero-order valence-electron chi connectivity index (χ0n) is 9.32. The maximum atomic E-state index is 11.7. The van der Waals surface area contributed by atoms with Gasteiger partial charge in [-0.15, -0.1) is 0 Å². The molecule has 0 aromatic heterocycles. The molecule has 3 atom stereocenters. The molecule has 1 aliphatic rings. The number of nitrogens with one attached hydrogen (secondary N) is 1. The van der Waals surface area contributed by atoms with Gasteiger partial charge >= 0.3 is 0 Å². The lowest BCUT2D eigenvalue weighted by atomic mass is 10.0. The number of ether oxygens (including phenoxy) is 1. The predicted molar refractivity (Wildman–Crippen MR) is 56.0 cm³/mol. The van der Waals surface area contributed by atoms with Gasteiger partial charge in [-0.1, -0.05) is 13.3 Å². The maximum absolute atomic E-state index is 11.7. The Labute approximate surface area is 90.6 Å². The SMILES string of the molecule is CCCC(C#N)C(=O)NC1CCOC1C. The monoisotopic (exact) mass is 210 g/mol. The van der Waals surface area contributed by atoms with Crippen molar-refractivity contribution >= 4 is 5.91 Å². The molecule has 0 aliphatic carbocycles. The quantitative estimate of drug-likeness (QED) is 0.758. The lowest BCUT2D eigenvalue weighted by Gasteiger charge is -2.17. The van der Waals surface area contributed by atoms with Gasteiger partial charge in [0.15, 0.2) is 0 Å². The summed E-state index contributed by atoms with van der Waals surface area (Å²) in [7, 11) is 0. The van der Waals surface area contributed by atoms with Gasteiger partial charge in [0.05, 0.1) is 18.2 Å². The molecule has 0 aromatic rings. The van der Waals surface area contributed by atoms with Gasteiger partial charge in [-0.25, -0.2) is 0 Å². The van der Waals surface area contributed by atoms with Gasteiger partial charge in [-0.05, 0) is 19.8 Å². The number of nitriles is 1. The summed E-state index contributed by atoms with van der Waals surface area (Å²) < 4.78 is 5.34. The average molecular weight is 210 g/mol. The largest absolute Gasteiger partial charge is 0.376 e. The third-order valence-electron chi connectivity index (χ3n) is 2.75. The second-order valence-corrected chi connectivity index (χ2v) is 3.95. The molecule has 1 rings (SSSR count). The summed E-state index contributed by atoms with van der Waals surface area (Å²) in [6.07, 6.45) is 2.39. The summed E-state index contributed by atoms with van der Waals surface area (Å²) in [5, 5.41) is 11.7. The molecule has 1 N–H and O–H groups in total. The first kappa shape index (κ1) is 12.0. The topological polar surface area (TPSA) is 62.1 Å². The second-order valence-electron chi connectivity index (χ2n) is 3.95. The summed E-state index contributed by atoms with van der Waals surface area (Å²) in [4.78, 5) is 11.7. The second kappa shape index (κ2) is 5.72. The third kappa shape index (κ3) is 3.21. The van der Waals surface area contributed by atoms with Gasteiger partial charge in [-0.3, -0.25) is 4.79 Å². The maximum Gasteiger partial charge on any atom is 0.237 e. The molecule has 84 valence electrons. The van der Waals surface area contributed by atoms with Gasteiger partial charge < -0.3 is 10.1 Å². The van der Waals surface area contributed by atoms with Crippen molar-refractivity contribution in [1.29, 1.82) is 5.26 Å². The zero-order valence-corrected chi connectivity index (χ0v) is 9.32. The van der Waals surface area contributed by atoms with Crippen molar-refractivity contribution in [2.75, 3.05) is 6.61 Å². The molecule has 4 nitrogen and oxygen atoms in total. The number of amides is 1. The van der Waals surface area contributed by atoms with Crippen LogP contribution in [0.3, 0.4) is 0 Å². The third-order valence-corrected chi connectivity index (χ3v) is 2.75. The Morgan fingerprint density at radius 3 is 2.93 bits per heavy atom. The molecule has 4 heteroatoms. The summed E-state index contributed by atoms with van der Waals surface area (Å²) >= 11 is 0. The smallest absolute Gasteiger partial charge is 0.237 e. The number of carbonyl (C=O) groups is 1. The van der Waals surface area contributed by atoms with Crippen LogP contribution in [-0.2, 0) is 9.53 Å². The van der Waals surface area contributed by atoms with E-state index in [1.807, 2.05) is 19.9 Å². The van der Waals surface area contributed by atoms with Gasteiger partial charge in [0.2, 0.25) is 5.91 Å². The first-order valence-electron chi connectivity index (χ1n) is 5.50. The lowest BCUT2D eigenvalue weighted by Crippen LogP contribution is -2.42. The van der Waals surface area contributed by atoms with E-state index in [1.54, 1.807) is 0 Å². The van der Waals surface area contributed by atoms with E-state index in [1.165, 1.54) is 0 Å². The number of rotatable bonds is 4. The molecule has 1 heterocycles.